The minimum Gasteiger partial charge on any atom is -0.399 e. The molecule has 1 aromatic rings. The minimum atomic E-state index is -1.08. The zero-order chi connectivity index (χ0) is 15.8. The molecule has 1 aliphatic rings. The van der Waals surface area contributed by atoms with E-state index in [2.05, 4.69) is 4.98 Å². The van der Waals surface area contributed by atoms with Crippen molar-refractivity contribution >= 4 is 12.6 Å². The van der Waals surface area contributed by atoms with Gasteiger partial charge in [0, 0.05) is 30.0 Å². The van der Waals surface area contributed by atoms with Gasteiger partial charge in [-0.2, -0.15) is 0 Å². The SMILES string of the molecule is CC1(C)OB(c2cncc(C(O)C(O)CN)c2)OC1(C)C. The van der Waals surface area contributed by atoms with Crippen LogP contribution in [0, 0.1) is 0 Å². The Balaban J connectivity index is 2.23. The van der Waals surface area contributed by atoms with Crippen LogP contribution < -0.4 is 11.2 Å². The van der Waals surface area contributed by atoms with Gasteiger partial charge in [0.05, 0.1) is 17.3 Å². The molecule has 2 unspecified atom stereocenters. The molecule has 0 amide bonds. The lowest BCUT2D eigenvalue weighted by Gasteiger charge is -2.32. The molecular weight excluding hydrogens is 271 g/mol. The monoisotopic (exact) mass is 294 g/mol. The summed E-state index contributed by atoms with van der Waals surface area (Å²) in [5.74, 6) is 0. The molecule has 2 rings (SSSR count). The van der Waals surface area contributed by atoms with Crippen LogP contribution in [0.25, 0.3) is 0 Å². The number of hydrogen-bond donors (Lipinski definition) is 3. The van der Waals surface area contributed by atoms with Crippen molar-refractivity contribution in [1.29, 1.82) is 0 Å². The molecule has 0 aliphatic carbocycles. The van der Waals surface area contributed by atoms with E-state index >= 15 is 0 Å². The van der Waals surface area contributed by atoms with E-state index in [0.717, 1.165) is 0 Å². The zero-order valence-corrected chi connectivity index (χ0v) is 12.9. The first kappa shape index (κ1) is 16.4. The third-order valence-corrected chi connectivity index (χ3v) is 4.25. The van der Waals surface area contributed by atoms with Crippen molar-refractivity contribution in [1.82, 2.24) is 4.98 Å². The fraction of sp³-hybridized carbons (Fsp3) is 0.643. The molecule has 0 saturated carbocycles. The summed E-state index contributed by atoms with van der Waals surface area (Å²) in [5, 5.41) is 19.6. The average Bonchev–Trinajstić information content (AvgIpc) is 2.66. The van der Waals surface area contributed by atoms with Crippen molar-refractivity contribution in [2.24, 2.45) is 5.73 Å². The Labute approximate surface area is 125 Å². The first-order chi connectivity index (χ1) is 9.68. The molecule has 1 aliphatic heterocycles. The molecule has 0 aromatic carbocycles. The van der Waals surface area contributed by atoms with Gasteiger partial charge in [-0.05, 0) is 27.7 Å². The molecule has 1 saturated heterocycles. The predicted octanol–water partition coefficient (Wildman–Crippen LogP) is -0.266. The lowest BCUT2D eigenvalue weighted by molar-refractivity contribution is 0.00578. The Morgan fingerprint density at radius 1 is 1.19 bits per heavy atom. The van der Waals surface area contributed by atoms with E-state index in [0.29, 0.717) is 11.0 Å². The number of nitrogens with zero attached hydrogens (tertiary/aromatic N) is 1. The van der Waals surface area contributed by atoms with Gasteiger partial charge in [0.25, 0.3) is 0 Å². The first-order valence-electron chi connectivity index (χ1n) is 7.04. The van der Waals surface area contributed by atoms with Crippen molar-refractivity contribution < 1.29 is 19.5 Å². The van der Waals surface area contributed by atoms with Crippen molar-refractivity contribution in [3.05, 3.63) is 24.0 Å². The van der Waals surface area contributed by atoms with E-state index in [1.165, 1.54) is 6.20 Å². The van der Waals surface area contributed by atoms with E-state index in [-0.39, 0.29) is 6.54 Å². The Hall–Kier alpha value is -0.985. The first-order valence-corrected chi connectivity index (χ1v) is 7.04. The Morgan fingerprint density at radius 3 is 2.29 bits per heavy atom. The molecule has 0 radical (unpaired) electrons. The highest BCUT2D eigenvalue weighted by atomic mass is 16.7. The third-order valence-electron chi connectivity index (χ3n) is 4.25. The van der Waals surface area contributed by atoms with Crippen LogP contribution in [0.15, 0.2) is 18.5 Å². The molecule has 2 atom stereocenters. The maximum absolute atomic E-state index is 10.0. The third kappa shape index (κ3) is 3.12. The second-order valence-corrected chi connectivity index (χ2v) is 6.39. The summed E-state index contributed by atoms with van der Waals surface area (Å²) in [7, 11) is -0.551. The zero-order valence-electron chi connectivity index (χ0n) is 12.9. The molecule has 7 heteroatoms. The maximum Gasteiger partial charge on any atom is 0.496 e. The van der Waals surface area contributed by atoms with Crippen LogP contribution in [-0.2, 0) is 9.31 Å². The molecule has 6 nitrogen and oxygen atoms in total. The van der Waals surface area contributed by atoms with E-state index < -0.39 is 30.5 Å². The summed E-state index contributed by atoms with van der Waals surface area (Å²) in [6.45, 7) is 7.85. The van der Waals surface area contributed by atoms with Gasteiger partial charge in [0.1, 0.15) is 6.10 Å². The van der Waals surface area contributed by atoms with Crippen molar-refractivity contribution in [2.45, 2.75) is 51.1 Å². The maximum atomic E-state index is 10.0. The minimum absolute atomic E-state index is 0.0259. The molecule has 21 heavy (non-hydrogen) atoms. The predicted molar refractivity (Wildman–Crippen MR) is 80.0 cm³/mol. The van der Waals surface area contributed by atoms with E-state index in [9.17, 15) is 10.2 Å². The van der Waals surface area contributed by atoms with Crippen LogP contribution in [0.3, 0.4) is 0 Å². The second-order valence-electron chi connectivity index (χ2n) is 6.39. The lowest BCUT2D eigenvalue weighted by Crippen LogP contribution is -2.41. The number of hydrogen-bond acceptors (Lipinski definition) is 6. The van der Waals surface area contributed by atoms with Crippen LogP contribution >= 0.6 is 0 Å². The van der Waals surface area contributed by atoms with Crippen molar-refractivity contribution in [3.63, 3.8) is 0 Å². The molecular formula is C14H23BN2O4. The topological polar surface area (TPSA) is 97.8 Å². The van der Waals surface area contributed by atoms with Gasteiger partial charge in [0.15, 0.2) is 0 Å². The summed E-state index contributed by atoms with van der Waals surface area (Å²) in [5.41, 5.74) is 5.67. The van der Waals surface area contributed by atoms with Gasteiger partial charge >= 0.3 is 7.12 Å². The van der Waals surface area contributed by atoms with Crippen molar-refractivity contribution in [3.8, 4) is 0 Å². The number of rotatable bonds is 4. The number of aliphatic hydroxyl groups excluding tert-OH is 2. The molecule has 1 fully saturated rings. The Morgan fingerprint density at radius 2 is 1.76 bits per heavy atom. The van der Waals surface area contributed by atoms with Crippen LogP contribution in [0.5, 0.6) is 0 Å². The highest BCUT2D eigenvalue weighted by Gasteiger charge is 2.51. The number of nitrogens with two attached hydrogens (primary N) is 1. The molecule has 116 valence electrons. The number of aromatic nitrogens is 1. The van der Waals surface area contributed by atoms with Crippen LogP contribution in [0.4, 0.5) is 0 Å². The standard InChI is InChI=1S/C14H23BN2O4/c1-13(2)14(3,4)21-15(20-13)10-5-9(7-17-8-10)12(19)11(18)6-16/h5,7-8,11-12,18-19H,6,16H2,1-4H3. The number of pyridine rings is 1. The molecule has 4 N–H and O–H groups in total. The average molecular weight is 294 g/mol. The Bertz CT molecular complexity index is 494. The summed E-state index contributed by atoms with van der Waals surface area (Å²) >= 11 is 0. The van der Waals surface area contributed by atoms with E-state index in [4.69, 9.17) is 15.0 Å². The second kappa shape index (κ2) is 5.66. The highest BCUT2D eigenvalue weighted by Crippen LogP contribution is 2.36. The lowest BCUT2D eigenvalue weighted by atomic mass is 9.79. The van der Waals surface area contributed by atoms with Gasteiger partial charge in [-0.3, -0.25) is 4.98 Å². The van der Waals surface area contributed by atoms with Gasteiger partial charge in [-0.15, -0.1) is 0 Å². The van der Waals surface area contributed by atoms with Crippen LogP contribution in [0.2, 0.25) is 0 Å². The highest BCUT2D eigenvalue weighted by molar-refractivity contribution is 6.62. The van der Waals surface area contributed by atoms with E-state index in [1.54, 1.807) is 12.3 Å². The summed E-state index contributed by atoms with van der Waals surface area (Å²) in [6.07, 6.45) is 1.02. The van der Waals surface area contributed by atoms with Gasteiger partial charge < -0.3 is 25.3 Å². The van der Waals surface area contributed by atoms with E-state index in [1.807, 2.05) is 27.7 Å². The summed E-state index contributed by atoms with van der Waals surface area (Å²) in [4.78, 5) is 4.09. The smallest absolute Gasteiger partial charge is 0.399 e. The van der Waals surface area contributed by atoms with Gasteiger partial charge in [-0.25, -0.2) is 0 Å². The molecule has 0 bridgehead atoms. The van der Waals surface area contributed by atoms with Crippen LogP contribution in [-0.4, -0.2) is 46.2 Å². The van der Waals surface area contributed by atoms with Gasteiger partial charge in [-0.1, -0.05) is 6.07 Å². The molecule has 2 heterocycles. The quantitative estimate of drug-likeness (QED) is 0.662. The Kier molecular flexibility index (Phi) is 4.42. The summed E-state index contributed by atoms with van der Waals surface area (Å²) < 4.78 is 11.9. The normalized spacial score (nSPS) is 23.1. The number of aliphatic hydroxyl groups is 2. The fourth-order valence-corrected chi connectivity index (χ4v) is 2.10. The fourth-order valence-electron chi connectivity index (χ4n) is 2.10. The van der Waals surface area contributed by atoms with Gasteiger partial charge in [0.2, 0.25) is 0 Å². The molecule has 0 spiro atoms. The summed E-state index contributed by atoms with van der Waals surface area (Å²) in [6, 6.07) is 1.72. The largest absolute Gasteiger partial charge is 0.496 e. The van der Waals surface area contributed by atoms with Crippen LogP contribution in [0.1, 0.15) is 39.4 Å². The van der Waals surface area contributed by atoms with Crippen molar-refractivity contribution in [2.75, 3.05) is 6.54 Å². The molecule has 1 aromatic heterocycles.